The first-order valence-electron chi connectivity index (χ1n) is 8.95. The van der Waals surface area contributed by atoms with Crippen LogP contribution in [0.15, 0.2) is 18.2 Å². The Morgan fingerprint density at radius 3 is 2.65 bits per heavy atom. The van der Waals surface area contributed by atoms with Gasteiger partial charge in [-0.2, -0.15) is 0 Å². The van der Waals surface area contributed by atoms with Gasteiger partial charge in [-0.15, -0.1) is 0 Å². The second kappa shape index (κ2) is 7.27. The van der Waals surface area contributed by atoms with E-state index in [-0.39, 0.29) is 5.91 Å². The van der Waals surface area contributed by atoms with Crippen molar-refractivity contribution in [2.45, 2.75) is 51.5 Å². The number of nitrogens with one attached hydrogen (secondary N) is 1. The van der Waals surface area contributed by atoms with Gasteiger partial charge >= 0.3 is 12.0 Å². The summed E-state index contributed by atoms with van der Waals surface area (Å²) in [6.45, 7) is 3.51. The monoisotopic (exact) mass is 378 g/mol. The average molecular weight is 379 g/mol. The Kier molecular flexibility index (Phi) is 5.23. The van der Waals surface area contributed by atoms with Gasteiger partial charge in [-0.25, -0.2) is 9.59 Å². The predicted molar refractivity (Wildman–Crippen MR) is 97.0 cm³/mol. The highest BCUT2D eigenvalue weighted by molar-refractivity contribution is 6.30. The van der Waals surface area contributed by atoms with Gasteiger partial charge in [-0.1, -0.05) is 24.9 Å². The zero-order chi connectivity index (χ0) is 18.9. The van der Waals surface area contributed by atoms with Gasteiger partial charge in [0.1, 0.15) is 17.8 Å². The summed E-state index contributed by atoms with van der Waals surface area (Å²) in [6.07, 6.45) is 4.14. The van der Waals surface area contributed by atoms with Crippen LogP contribution in [0.3, 0.4) is 0 Å². The Morgan fingerprint density at radius 1 is 1.35 bits per heavy atom. The number of ether oxygens (including phenoxy) is 1. The molecule has 1 N–H and O–H groups in total. The van der Waals surface area contributed by atoms with Crippen molar-refractivity contribution in [3.05, 3.63) is 28.8 Å². The number of imide groups is 1. The topological polar surface area (TPSA) is 75.7 Å². The summed E-state index contributed by atoms with van der Waals surface area (Å²) in [5, 5.41) is 3.36. The molecule has 26 heavy (non-hydrogen) atoms. The molecule has 1 heterocycles. The Labute approximate surface area is 157 Å². The maximum atomic E-state index is 12.8. The van der Waals surface area contributed by atoms with Gasteiger partial charge in [-0.3, -0.25) is 9.69 Å². The summed E-state index contributed by atoms with van der Waals surface area (Å²) in [7, 11) is 0. The van der Waals surface area contributed by atoms with Gasteiger partial charge in [0.15, 0.2) is 0 Å². The second-order valence-corrected chi connectivity index (χ2v) is 7.58. The molecule has 2 aliphatic rings. The van der Waals surface area contributed by atoms with Crippen LogP contribution in [0, 0.1) is 12.8 Å². The van der Waals surface area contributed by atoms with Crippen molar-refractivity contribution >= 4 is 29.5 Å². The molecule has 140 valence electrons. The number of benzene rings is 1. The number of nitrogens with zero attached hydrogens (tertiary/aromatic N) is 1. The molecule has 1 aliphatic carbocycles. The number of urea groups is 1. The number of hydrogen-bond donors (Lipinski definition) is 1. The average Bonchev–Trinajstić information content (AvgIpc) is 2.82. The minimum absolute atomic E-state index is 0.318. The fraction of sp³-hybridized carbons (Fsp3) is 0.526. The predicted octanol–water partition coefficient (Wildman–Crippen LogP) is 3.44. The number of aryl methyl sites for hydroxylation is 1. The third kappa shape index (κ3) is 3.56. The molecule has 1 saturated carbocycles. The Morgan fingerprint density at radius 2 is 2.04 bits per heavy atom. The molecule has 1 aromatic rings. The summed E-state index contributed by atoms with van der Waals surface area (Å²) >= 11 is 5.89. The van der Waals surface area contributed by atoms with E-state index in [4.69, 9.17) is 16.3 Å². The number of carbonyl (C=O) groups is 3. The standard InChI is InChI=1S/C19H23ClN2O4/c1-3-13-6-8-19(9-7-13)17(24)22(18(25)21-19)11-16(23)26-15-5-4-14(20)10-12(15)2/h4-5,10,13H,3,6-9,11H2,1-2H3,(H,21,25). The van der Waals surface area contributed by atoms with Crippen molar-refractivity contribution in [2.24, 2.45) is 5.92 Å². The molecule has 0 unspecified atom stereocenters. The fourth-order valence-corrected chi connectivity index (χ4v) is 3.98. The van der Waals surface area contributed by atoms with Crippen LogP contribution in [0.4, 0.5) is 4.79 Å². The van der Waals surface area contributed by atoms with Crippen molar-refractivity contribution in [2.75, 3.05) is 6.54 Å². The largest absolute Gasteiger partial charge is 0.425 e. The van der Waals surface area contributed by atoms with E-state index in [0.29, 0.717) is 35.1 Å². The van der Waals surface area contributed by atoms with Crippen molar-refractivity contribution in [1.29, 1.82) is 0 Å². The highest BCUT2D eigenvalue weighted by Gasteiger charge is 2.52. The van der Waals surface area contributed by atoms with E-state index in [0.717, 1.165) is 24.2 Å². The quantitative estimate of drug-likeness (QED) is 0.494. The fourth-order valence-electron chi connectivity index (χ4n) is 3.75. The summed E-state index contributed by atoms with van der Waals surface area (Å²) in [5.41, 5.74) is -0.142. The molecule has 3 rings (SSSR count). The third-order valence-corrected chi connectivity index (χ3v) is 5.67. The van der Waals surface area contributed by atoms with Gasteiger partial charge in [0.2, 0.25) is 0 Å². The summed E-state index contributed by atoms with van der Waals surface area (Å²) < 4.78 is 5.30. The Balaban J connectivity index is 1.65. The molecule has 2 fully saturated rings. The molecule has 1 aromatic carbocycles. The number of esters is 1. The normalized spacial score (nSPS) is 25.5. The SMILES string of the molecule is CCC1CCC2(CC1)NC(=O)N(CC(=O)Oc1ccc(Cl)cc1C)C2=O. The van der Waals surface area contributed by atoms with E-state index in [2.05, 4.69) is 12.2 Å². The number of amides is 3. The number of carbonyl (C=O) groups excluding carboxylic acids is 3. The van der Waals surface area contributed by atoms with E-state index in [9.17, 15) is 14.4 Å². The van der Waals surface area contributed by atoms with Crippen LogP contribution in [0.25, 0.3) is 0 Å². The van der Waals surface area contributed by atoms with Gasteiger partial charge in [0.05, 0.1) is 0 Å². The van der Waals surface area contributed by atoms with E-state index >= 15 is 0 Å². The maximum absolute atomic E-state index is 12.8. The lowest BCUT2D eigenvalue weighted by molar-refractivity contribution is -0.141. The van der Waals surface area contributed by atoms with E-state index < -0.39 is 24.1 Å². The minimum Gasteiger partial charge on any atom is -0.425 e. The smallest absolute Gasteiger partial charge is 0.331 e. The first-order valence-corrected chi connectivity index (χ1v) is 9.33. The summed E-state index contributed by atoms with van der Waals surface area (Å²) in [6, 6.07) is 4.37. The summed E-state index contributed by atoms with van der Waals surface area (Å²) in [5.74, 6) is -0.0121. The molecule has 0 atom stereocenters. The first-order chi connectivity index (χ1) is 12.3. The van der Waals surface area contributed by atoms with Crippen LogP contribution in [0.2, 0.25) is 5.02 Å². The number of hydrogen-bond acceptors (Lipinski definition) is 4. The van der Waals surface area contributed by atoms with Crippen LogP contribution in [-0.4, -0.2) is 34.9 Å². The molecule has 7 heteroatoms. The Bertz CT molecular complexity index is 741. The highest BCUT2D eigenvalue weighted by Crippen LogP contribution is 2.37. The van der Waals surface area contributed by atoms with Gasteiger partial charge in [-0.05, 0) is 62.3 Å². The molecule has 3 amide bonds. The Hall–Kier alpha value is -2.08. The second-order valence-electron chi connectivity index (χ2n) is 7.14. The minimum atomic E-state index is -0.848. The maximum Gasteiger partial charge on any atom is 0.331 e. The van der Waals surface area contributed by atoms with E-state index in [1.807, 2.05) is 0 Å². The van der Waals surface area contributed by atoms with Gasteiger partial charge in [0, 0.05) is 5.02 Å². The lowest BCUT2D eigenvalue weighted by Gasteiger charge is -2.34. The zero-order valence-corrected chi connectivity index (χ0v) is 15.8. The number of halogens is 1. The molecule has 0 bridgehead atoms. The van der Waals surface area contributed by atoms with Crippen LogP contribution < -0.4 is 10.1 Å². The molecule has 0 radical (unpaired) electrons. The van der Waals surface area contributed by atoms with Crippen molar-refractivity contribution in [3.63, 3.8) is 0 Å². The molecule has 1 spiro atoms. The summed E-state index contributed by atoms with van der Waals surface area (Å²) in [4.78, 5) is 38.3. The first kappa shape index (κ1) is 18.7. The van der Waals surface area contributed by atoms with Gasteiger partial charge in [0.25, 0.3) is 5.91 Å². The van der Waals surface area contributed by atoms with Gasteiger partial charge < -0.3 is 10.1 Å². The molecular formula is C19H23ClN2O4. The molecule has 1 saturated heterocycles. The highest BCUT2D eigenvalue weighted by atomic mass is 35.5. The molecule has 1 aliphatic heterocycles. The van der Waals surface area contributed by atoms with Crippen LogP contribution >= 0.6 is 11.6 Å². The number of rotatable bonds is 4. The van der Waals surface area contributed by atoms with Crippen LogP contribution in [-0.2, 0) is 9.59 Å². The van der Waals surface area contributed by atoms with Crippen LogP contribution in [0.1, 0.15) is 44.6 Å². The molecule has 6 nitrogen and oxygen atoms in total. The lowest BCUT2D eigenvalue weighted by atomic mass is 9.75. The molecular weight excluding hydrogens is 356 g/mol. The zero-order valence-electron chi connectivity index (χ0n) is 15.0. The van der Waals surface area contributed by atoms with Crippen molar-refractivity contribution in [3.8, 4) is 5.75 Å². The lowest BCUT2D eigenvalue weighted by Crippen LogP contribution is -2.49. The van der Waals surface area contributed by atoms with Crippen molar-refractivity contribution in [1.82, 2.24) is 10.2 Å². The van der Waals surface area contributed by atoms with E-state index in [1.165, 1.54) is 0 Å². The van der Waals surface area contributed by atoms with E-state index in [1.54, 1.807) is 25.1 Å². The van der Waals surface area contributed by atoms with Crippen molar-refractivity contribution < 1.29 is 19.1 Å². The molecule has 0 aromatic heterocycles. The third-order valence-electron chi connectivity index (χ3n) is 5.43. The van der Waals surface area contributed by atoms with Crippen LogP contribution in [0.5, 0.6) is 5.75 Å².